The third-order valence-corrected chi connectivity index (χ3v) is 3.94. The Hall–Kier alpha value is -2.38. The van der Waals surface area contributed by atoms with Gasteiger partial charge in [0, 0.05) is 26.2 Å². The molecular weight excluding hydrogens is 334 g/mol. The molecule has 0 saturated carbocycles. The Bertz CT molecular complexity index is 685. The minimum absolute atomic E-state index is 0.200. The molecule has 1 aliphatic rings. The number of nitrogens with one attached hydrogen (secondary N) is 1. The van der Waals surface area contributed by atoms with Crippen molar-refractivity contribution in [2.75, 3.05) is 31.1 Å². The van der Waals surface area contributed by atoms with Gasteiger partial charge in [0.1, 0.15) is 5.69 Å². The van der Waals surface area contributed by atoms with Crippen LogP contribution in [0.2, 0.25) is 0 Å². The van der Waals surface area contributed by atoms with E-state index in [1.165, 1.54) is 4.90 Å². The molecule has 2 amide bonds. The summed E-state index contributed by atoms with van der Waals surface area (Å²) in [6.45, 7) is 3.08. The molecule has 0 bridgehead atoms. The van der Waals surface area contributed by atoms with E-state index in [0.29, 0.717) is 32.1 Å². The zero-order valence-electron chi connectivity index (χ0n) is 13.2. The van der Waals surface area contributed by atoms with Gasteiger partial charge in [0.05, 0.1) is 18.8 Å². The highest BCUT2D eigenvalue weighted by Crippen LogP contribution is 2.22. The fraction of sp³-hybridized carbons (Fsp3) is 0.500. The van der Waals surface area contributed by atoms with Crippen LogP contribution >= 0.6 is 12.8 Å². The Morgan fingerprint density at radius 2 is 2.00 bits per heavy atom. The van der Waals surface area contributed by atoms with Crippen molar-refractivity contribution in [3.05, 3.63) is 11.4 Å². The second-order valence-corrected chi connectivity index (χ2v) is 5.30. The minimum Gasteiger partial charge on any atom is -0.465 e. The summed E-state index contributed by atoms with van der Waals surface area (Å²) in [5.41, 5.74) is 0.432. The number of imidazole rings is 1. The summed E-state index contributed by atoms with van der Waals surface area (Å²) in [4.78, 5) is 30.7. The van der Waals surface area contributed by atoms with Crippen molar-refractivity contribution in [3.63, 3.8) is 0 Å². The second kappa shape index (κ2) is 7.94. The van der Waals surface area contributed by atoms with Crippen molar-refractivity contribution >= 4 is 30.8 Å². The van der Waals surface area contributed by atoms with Crippen molar-refractivity contribution in [2.45, 2.75) is 20.1 Å². The lowest BCUT2D eigenvalue weighted by atomic mass is 10.3. The van der Waals surface area contributed by atoms with Crippen LogP contribution in [0.1, 0.15) is 23.1 Å². The van der Waals surface area contributed by atoms with Gasteiger partial charge in [0.2, 0.25) is 5.95 Å². The quantitative estimate of drug-likeness (QED) is 0.440. The van der Waals surface area contributed by atoms with Gasteiger partial charge in [-0.1, -0.05) is 18.7 Å². The van der Waals surface area contributed by atoms with E-state index in [-0.39, 0.29) is 17.9 Å². The largest absolute Gasteiger partial charge is 0.465 e. The van der Waals surface area contributed by atoms with Crippen molar-refractivity contribution in [1.82, 2.24) is 19.2 Å². The molecule has 0 aromatic carbocycles. The molecule has 2 rings (SSSR count). The number of hydrogen-bond acceptors (Lipinski definition) is 6. The van der Waals surface area contributed by atoms with Crippen LogP contribution in [0.15, 0.2) is 0 Å². The van der Waals surface area contributed by atoms with Crippen LogP contribution in [0.3, 0.4) is 0 Å². The summed E-state index contributed by atoms with van der Waals surface area (Å²) in [6, 6.07) is 0. The number of amides is 2. The van der Waals surface area contributed by atoms with Crippen molar-refractivity contribution in [1.29, 1.82) is 0 Å². The van der Waals surface area contributed by atoms with Crippen LogP contribution in [-0.2, 0) is 13.2 Å². The zero-order chi connectivity index (χ0) is 17.7. The van der Waals surface area contributed by atoms with Gasteiger partial charge < -0.3 is 20.0 Å². The molecule has 2 heterocycles. The molecule has 0 atom stereocenters. The number of piperazine rings is 1. The first-order valence-electron chi connectivity index (χ1n) is 7.30. The topological polar surface area (TPSA) is 111 Å². The number of carboxylic acid groups (broad SMARTS) is 1. The summed E-state index contributed by atoms with van der Waals surface area (Å²) in [6.07, 6.45) is -0.957. The second-order valence-electron chi connectivity index (χ2n) is 5.08. The van der Waals surface area contributed by atoms with Crippen LogP contribution < -0.4 is 9.62 Å². The van der Waals surface area contributed by atoms with E-state index in [1.807, 2.05) is 4.90 Å². The number of carbonyl (C=O) groups is 2. The third kappa shape index (κ3) is 3.58. The fourth-order valence-corrected chi connectivity index (χ4v) is 2.66. The van der Waals surface area contributed by atoms with Gasteiger partial charge in [0.15, 0.2) is 0 Å². The lowest BCUT2D eigenvalue weighted by Gasteiger charge is -2.33. The Labute approximate surface area is 144 Å². The maximum absolute atomic E-state index is 12.1. The highest BCUT2D eigenvalue weighted by molar-refractivity contribution is 7.78. The Balaban J connectivity index is 2.38. The molecule has 1 aromatic rings. The average Bonchev–Trinajstić information content (AvgIpc) is 2.97. The van der Waals surface area contributed by atoms with E-state index < -0.39 is 18.6 Å². The maximum Gasteiger partial charge on any atom is 0.407 e. The van der Waals surface area contributed by atoms with Gasteiger partial charge in [-0.3, -0.25) is 14.1 Å². The van der Waals surface area contributed by atoms with Crippen molar-refractivity contribution < 1.29 is 19.8 Å². The molecule has 3 N–H and O–H groups in total. The number of rotatable bonds is 4. The molecule has 0 spiro atoms. The van der Waals surface area contributed by atoms with E-state index >= 15 is 0 Å². The van der Waals surface area contributed by atoms with Gasteiger partial charge in [-0.2, -0.15) is 0 Å². The normalized spacial score (nSPS) is 14.1. The SMILES string of the molecule is CC#CCn1c(N2CCN(C(=O)O)CC2)nc(CO)c1C(=O)NS. The average molecular weight is 353 g/mol. The molecule has 1 aromatic heterocycles. The molecular formula is C14H19N5O4S. The standard InChI is InChI=1S/C14H19N5O4S/c1-2-3-4-19-11(12(21)16-24)10(9-20)15-13(19)17-5-7-18(8-6-17)14(22)23/h20,24H,4-9H2,1H3,(H,16,21)(H,22,23). The number of thiol groups is 1. The number of aliphatic hydroxyl groups is 1. The lowest BCUT2D eigenvalue weighted by Crippen LogP contribution is -2.49. The fourth-order valence-electron chi connectivity index (χ4n) is 2.55. The molecule has 1 aliphatic heterocycles. The van der Waals surface area contributed by atoms with Crippen LogP contribution in [-0.4, -0.2) is 62.8 Å². The van der Waals surface area contributed by atoms with Crippen molar-refractivity contribution in [3.8, 4) is 11.8 Å². The van der Waals surface area contributed by atoms with E-state index in [0.717, 1.165) is 0 Å². The molecule has 1 saturated heterocycles. The summed E-state index contributed by atoms with van der Waals surface area (Å²) in [7, 11) is 0. The Morgan fingerprint density at radius 1 is 1.33 bits per heavy atom. The molecule has 0 aliphatic carbocycles. The van der Waals surface area contributed by atoms with Gasteiger partial charge in [-0.15, -0.1) is 5.92 Å². The van der Waals surface area contributed by atoms with E-state index in [1.54, 1.807) is 11.5 Å². The Kier molecular flexibility index (Phi) is 5.94. The minimum atomic E-state index is -0.957. The predicted octanol–water partition coefficient (Wildman–Crippen LogP) is -0.227. The summed E-state index contributed by atoms with van der Waals surface area (Å²) in [5.74, 6) is 5.65. The third-order valence-electron chi connectivity index (χ3n) is 3.73. The summed E-state index contributed by atoms with van der Waals surface area (Å²) >= 11 is 3.78. The monoisotopic (exact) mass is 353 g/mol. The molecule has 1 fully saturated rings. The summed E-state index contributed by atoms with van der Waals surface area (Å²) < 4.78 is 3.86. The zero-order valence-corrected chi connectivity index (χ0v) is 14.1. The van der Waals surface area contributed by atoms with Crippen LogP contribution in [0, 0.1) is 11.8 Å². The molecule has 130 valence electrons. The lowest BCUT2D eigenvalue weighted by molar-refractivity contribution is 0.0973. The van der Waals surface area contributed by atoms with E-state index in [2.05, 4.69) is 34.4 Å². The van der Waals surface area contributed by atoms with Gasteiger partial charge in [0.25, 0.3) is 5.91 Å². The van der Waals surface area contributed by atoms with Gasteiger partial charge in [-0.25, -0.2) is 9.78 Å². The number of hydrogen-bond donors (Lipinski definition) is 4. The van der Waals surface area contributed by atoms with Crippen molar-refractivity contribution in [2.24, 2.45) is 0 Å². The van der Waals surface area contributed by atoms with Crippen LogP contribution in [0.4, 0.5) is 10.7 Å². The van der Waals surface area contributed by atoms with Crippen LogP contribution in [0.25, 0.3) is 0 Å². The van der Waals surface area contributed by atoms with Crippen LogP contribution in [0.5, 0.6) is 0 Å². The maximum atomic E-state index is 12.1. The van der Waals surface area contributed by atoms with Gasteiger partial charge >= 0.3 is 6.09 Å². The molecule has 24 heavy (non-hydrogen) atoms. The number of carbonyl (C=O) groups excluding carboxylic acids is 1. The molecule has 9 nitrogen and oxygen atoms in total. The number of aliphatic hydroxyl groups excluding tert-OH is 1. The number of aromatic nitrogens is 2. The molecule has 0 radical (unpaired) electrons. The highest BCUT2D eigenvalue weighted by Gasteiger charge is 2.28. The first-order chi connectivity index (χ1) is 11.5. The molecule has 0 unspecified atom stereocenters. The summed E-state index contributed by atoms with van der Waals surface area (Å²) in [5, 5.41) is 18.5. The first-order valence-corrected chi connectivity index (χ1v) is 7.75. The number of nitrogens with zero attached hydrogens (tertiary/aromatic N) is 4. The molecule has 10 heteroatoms. The van der Waals surface area contributed by atoms with E-state index in [9.17, 15) is 14.7 Å². The van der Waals surface area contributed by atoms with Gasteiger partial charge in [-0.05, 0) is 6.92 Å². The Morgan fingerprint density at radius 3 is 2.50 bits per heavy atom. The number of anilines is 1. The highest BCUT2D eigenvalue weighted by atomic mass is 32.1. The predicted molar refractivity (Wildman–Crippen MR) is 89.9 cm³/mol. The van der Waals surface area contributed by atoms with E-state index in [4.69, 9.17) is 5.11 Å². The first kappa shape index (κ1) is 18.0. The smallest absolute Gasteiger partial charge is 0.407 e.